The van der Waals surface area contributed by atoms with Crippen molar-refractivity contribution in [3.05, 3.63) is 64.4 Å². The first-order chi connectivity index (χ1) is 14.3. The molecule has 0 spiro atoms. The maximum atomic E-state index is 14.1. The lowest BCUT2D eigenvalue weighted by atomic mass is 9.94. The summed E-state index contributed by atoms with van der Waals surface area (Å²) in [6.07, 6.45) is -1.25. The molecule has 30 heavy (non-hydrogen) atoms. The van der Waals surface area contributed by atoms with Gasteiger partial charge in [-0.1, -0.05) is 55.8 Å². The van der Waals surface area contributed by atoms with Crippen LogP contribution >= 0.6 is 11.6 Å². The van der Waals surface area contributed by atoms with E-state index >= 15 is 0 Å². The SMILES string of the molecule is CCC1c2c(n(CC(c3ccccc3)C(F)(F)F)c3ncc(Cl)cc23)CCN1CC. The minimum Gasteiger partial charge on any atom is -0.328 e. The fourth-order valence-corrected chi connectivity index (χ4v) is 4.96. The second-order valence-corrected chi connectivity index (χ2v) is 8.24. The zero-order chi connectivity index (χ0) is 21.5. The Bertz CT molecular complexity index is 1030. The molecule has 0 saturated carbocycles. The molecule has 0 aliphatic carbocycles. The van der Waals surface area contributed by atoms with E-state index in [0.717, 1.165) is 36.2 Å². The van der Waals surface area contributed by atoms with E-state index in [4.69, 9.17) is 11.6 Å². The van der Waals surface area contributed by atoms with Crippen molar-refractivity contribution < 1.29 is 13.2 Å². The van der Waals surface area contributed by atoms with Crippen LogP contribution in [0.1, 0.15) is 49.0 Å². The molecule has 0 fully saturated rings. The topological polar surface area (TPSA) is 21.1 Å². The van der Waals surface area contributed by atoms with Gasteiger partial charge in [-0.25, -0.2) is 4.98 Å². The average molecular weight is 436 g/mol. The molecule has 3 heterocycles. The highest BCUT2D eigenvalue weighted by molar-refractivity contribution is 6.31. The van der Waals surface area contributed by atoms with Gasteiger partial charge in [-0.15, -0.1) is 0 Å². The van der Waals surface area contributed by atoms with Gasteiger partial charge in [-0.05, 0) is 30.2 Å². The predicted octanol–water partition coefficient (Wildman–Crippen LogP) is 6.36. The number of aromatic nitrogens is 2. The normalized spacial score (nSPS) is 18.5. The zero-order valence-electron chi connectivity index (χ0n) is 17.1. The molecule has 0 bridgehead atoms. The summed E-state index contributed by atoms with van der Waals surface area (Å²) in [5.41, 5.74) is 2.91. The van der Waals surface area contributed by atoms with Crippen molar-refractivity contribution in [2.45, 2.75) is 51.4 Å². The highest BCUT2D eigenvalue weighted by Gasteiger charge is 2.42. The second kappa shape index (κ2) is 8.23. The highest BCUT2D eigenvalue weighted by atomic mass is 35.5. The number of likely N-dealkylation sites (N-methyl/N-ethyl adjacent to an activating group) is 1. The molecule has 2 aromatic heterocycles. The summed E-state index contributed by atoms with van der Waals surface area (Å²) in [4.78, 5) is 6.86. The van der Waals surface area contributed by atoms with Crippen molar-refractivity contribution in [1.82, 2.24) is 14.5 Å². The van der Waals surface area contributed by atoms with Crippen molar-refractivity contribution in [1.29, 1.82) is 0 Å². The summed E-state index contributed by atoms with van der Waals surface area (Å²) in [6.45, 7) is 5.78. The van der Waals surface area contributed by atoms with Crippen LogP contribution in [0.25, 0.3) is 11.0 Å². The number of rotatable bonds is 5. The van der Waals surface area contributed by atoms with Crippen LogP contribution in [0.4, 0.5) is 13.2 Å². The fourth-order valence-electron chi connectivity index (χ4n) is 4.81. The lowest BCUT2D eigenvalue weighted by Gasteiger charge is -2.35. The molecule has 0 N–H and O–H groups in total. The molecule has 0 amide bonds. The molecule has 1 aromatic carbocycles. The Morgan fingerprint density at radius 2 is 1.93 bits per heavy atom. The number of halogens is 4. The molecule has 0 saturated heterocycles. The number of nitrogens with zero attached hydrogens (tertiary/aromatic N) is 3. The van der Waals surface area contributed by atoms with Crippen molar-refractivity contribution in [3.63, 3.8) is 0 Å². The molecule has 3 aromatic rings. The smallest absolute Gasteiger partial charge is 0.328 e. The average Bonchev–Trinajstić information content (AvgIpc) is 3.03. The summed E-state index contributed by atoms with van der Waals surface area (Å²) < 4.78 is 44.1. The number of hydrogen-bond acceptors (Lipinski definition) is 2. The Morgan fingerprint density at radius 1 is 1.20 bits per heavy atom. The van der Waals surface area contributed by atoms with Gasteiger partial charge in [0.1, 0.15) is 5.65 Å². The van der Waals surface area contributed by atoms with Gasteiger partial charge in [-0.3, -0.25) is 4.90 Å². The van der Waals surface area contributed by atoms with Gasteiger partial charge < -0.3 is 4.57 Å². The molecule has 7 heteroatoms. The second-order valence-electron chi connectivity index (χ2n) is 7.80. The molecule has 2 atom stereocenters. The van der Waals surface area contributed by atoms with Crippen molar-refractivity contribution in [3.8, 4) is 0 Å². The van der Waals surface area contributed by atoms with E-state index < -0.39 is 12.1 Å². The summed E-state index contributed by atoms with van der Waals surface area (Å²) >= 11 is 6.24. The lowest BCUT2D eigenvalue weighted by molar-refractivity contribution is -0.153. The standard InChI is InChI=1S/C23H25ClF3N3/c1-3-19-21-17-12-16(24)13-28-22(17)30(20(21)10-11-29(19)4-2)14-18(23(25,26)27)15-8-6-5-7-9-15/h5-9,12-13,18-19H,3-4,10-11,14H2,1-2H3. The van der Waals surface area contributed by atoms with E-state index in [9.17, 15) is 13.2 Å². The van der Waals surface area contributed by atoms with Gasteiger partial charge >= 0.3 is 6.18 Å². The van der Waals surface area contributed by atoms with Crippen molar-refractivity contribution in [2.24, 2.45) is 0 Å². The first kappa shape index (κ1) is 21.2. The Kier molecular flexibility index (Phi) is 5.82. The fraction of sp³-hybridized carbons (Fsp3) is 0.435. The lowest BCUT2D eigenvalue weighted by Crippen LogP contribution is -2.36. The van der Waals surface area contributed by atoms with Crippen molar-refractivity contribution >= 4 is 22.6 Å². The third-order valence-electron chi connectivity index (χ3n) is 6.18. The first-order valence-corrected chi connectivity index (χ1v) is 10.7. The van der Waals surface area contributed by atoms with Crippen LogP contribution in [0.5, 0.6) is 0 Å². The van der Waals surface area contributed by atoms with E-state index in [1.807, 2.05) is 6.07 Å². The number of fused-ring (bicyclic) bond motifs is 3. The van der Waals surface area contributed by atoms with Gasteiger partial charge in [0.2, 0.25) is 0 Å². The van der Waals surface area contributed by atoms with Crippen LogP contribution in [-0.2, 0) is 13.0 Å². The predicted molar refractivity (Wildman–Crippen MR) is 114 cm³/mol. The monoisotopic (exact) mass is 435 g/mol. The van der Waals surface area contributed by atoms with Crippen LogP contribution in [0.2, 0.25) is 5.02 Å². The highest BCUT2D eigenvalue weighted by Crippen LogP contribution is 2.42. The third-order valence-corrected chi connectivity index (χ3v) is 6.39. The summed E-state index contributed by atoms with van der Waals surface area (Å²) in [5, 5.41) is 1.37. The zero-order valence-corrected chi connectivity index (χ0v) is 17.8. The Morgan fingerprint density at radius 3 is 2.57 bits per heavy atom. The molecular formula is C23H25ClF3N3. The maximum Gasteiger partial charge on any atom is 0.397 e. The summed E-state index contributed by atoms with van der Waals surface area (Å²) in [7, 11) is 0. The number of pyridine rings is 1. The molecule has 1 aliphatic rings. The summed E-state index contributed by atoms with van der Waals surface area (Å²) in [6, 6.07) is 10.2. The number of alkyl halides is 3. The van der Waals surface area contributed by atoms with Gasteiger partial charge in [0.05, 0.1) is 10.9 Å². The van der Waals surface area contributed by atoms with E-state index in [1.54, 1.807) is 34.9 Å². The Labute approximate surface area is 179 Å². The number of benzene rings is 1. The third kappa shape index (κ3) is 3.71. The first-order valence-electron chi connectivity index (χ1n) is 10.4. The minimum absolute atomic E-state index is 0.156. The van der Waals surface area contributed by atoms with E-state index in [2.05, 4.69) is 23.7 Å². The quantitative estimate of drug-likeness (QED) is 0.464. The summed E-state index contributed by atoms with van der Waals surface area (Å²) in [5.74, 6) is -1.60. The van der Waals surface area contributed by atoms with Crippen molar-refractivity contribution in [2.75, 3.05) is 13.1 Å². The largest absolute Gasteiger partial charge is 0.397 e. The minimum atomic E-state index is -4.36. The molecule has 3 nitrogen and oxygen atoms in total. The molecule has 0 radical (unpaired) electrons. The van der Waals surface area contributed by atoms with Crippen LogP contribution in [-0.4, -0.2) is 33.7 Å². The molecular weight excluding hydrogens is 411 g/mol. The van der Waals surface area contributed by atoms with Crippen LogP contribution in [0.15, 0.2) is 42.6 Å². The van der Waals surface area contributed by atoms with Gasteiger partial charge in [0.25, 0.3) is 0 Å². The van der Waals surface area contributed by atoms with E-state index in [0.29, 0.717) is 17.1 Å². The van der Waals surface area contributed by atoms with E-state index in [1.165, 1.54) is 6.20 Å². The Hall–Kier alpha value is -2.05. The molecule has 4 rings (SSSR count). The van der Waals surface area contributed by atoms with Gasteiger partial charge in [0, 0.05) is 42.8 Å². The van der Waals surface area contributed by atoms with Gasteiger partial charge in [-0.2, -0.15) is 13.2 Å². The Balaban J connectivity index is 1.89. The van der Waals surface area contributed by atoms with Gasteiger partial charge in [0.15, 0.2) is 0 Å². The van der Waals surface area contributed by atoms with Crippen LogP contribution in [0, 0.1) is 0 Å². The maximum absolute atomic E-state index is 14.1. The number of hydrogen-bond donors (Lipinski definition) is 0. The van der Waals surface area contributed by atoms with E-state index in [-0.39, 0.29) is 18.2 Å². The molecule has 1 aliphatic heterocycles. The van der Waals surface area contributed by atoms with Crippen LogP contribution < -0.4 is 0 Å². The molecule has 160 valence electrons. The molecule has 2 unspecified atom stereocenters. The van der Waals surface area contributed by atoms with Crippen LogP contribution in [0.3, 0.4) is 0 Å².